The molecule has 1 aromatic carbocycles. The number of rotatable bonds is 0. The van der Waals surface area contributed by atoms with E-state index in [1.807, 2.05) is 0 Å². The molecule has 0 amide bonds. The molecule has 0 unspecified atom stereocenters. The Labute approximate surface area is 72.9 Å². The fraction of sp³-hybridized carbons (Fsp3) is 0. The van der Waals surface area contributed by atoms with E-state index < -0.39 is 18.9 Å². The molecule has 0 aromatic heterocycles. The van der Waals surface area contributed by atoms with Crippen LogP contribution >= 0.6 is 18.9 Å². The van der Waals surface area contributed by atoms with Crippen molar-refractivity contribution in [2.24, 2.45) is 0 Å². The Morgan fingerprint density at radius 1 is 1.09 bits per heavy atom. The lowest BCUT2D eigenvalue weighted by molar-refractivity contribution is 1.64. The molecule has 0 atom stereocenters. The summed E-state index contributed by atoms with van der Waals surface area (Å²) in [6, 6.07) is 8.46. The number of benzene rings is 1. The van der Waals surface area contributed by atoms with Crippen LogP contribution in [0.2, 0.25) is 0 Å². The third kappa shape index (κ3) is 1.38. The van der Waals surface area contributed by atoms with Crippen molar-refractivity contribution in [3.63, 3.8) is 0 Å². The SMILES string of the molecule is C=I1=Cc2ccccc2C=C1. The second-order valence-electron chi connectivity index (χ2n) is 2.47. The van der Waals surface area contributed by atoms with E-state index in [2.05, 4.69) is 43.0 Å². The summed E-state index contributed by atoms with van der Waals surface area (Å²) in [4.78, 5) is 0. The topological polar surface area (TPSA) is 0 Å². The molecule has 1 heterocycles. The first-order valence-corrected chi connectivity index (χ1v) is 7.46. The Balaban J connectivity index is 2.70. The quantitative estimate of drug-likeness (QED) is 0.626. The van der Waals surface area contributed by atoms with E-state index in [4.69, 9.17) is 0 Å². The second-order valence-corrected chi connectivity index (χ2v) is 6.29. The molecule has 0 saturated carbocycles. The lowest BCUT2D eigenvalue weighted by atomic mass is 10.1. The van der Waals surface area contributed by atoms with Crippen LogP contribution in [0.1, 0.15) is 11.1 Å². The largest absolute Gasteiger partial charge is 0.131 e. The van der Waals surface area contributed by atoms with Crippen LogP contribution in [-0.4, -0.2) is 8.53 Å². The standard InChI is InChI=1S/C10H9I/c1-11-7-6-9-4-2-3-5-10(9)8-11/h2-8H,1H2. The molecule has 0 N–H and O–H groups in total. The Morgan fingerprint density at radius 2 is 1.82 bits per heavy atom. The molecule has 0 fully saturated rings. The minimum atomic E-state index is -1.04. The van der Waals surface area contributed by atoms with Crippen LogP contribution in [-0.2, 0) is 0 Å². The number of fused-ring (bicyclic) bond motifs is 1. The van der Waals surface area contributed by atoms with Gasteiger partial charge in [0, 0.05) is 0 Å². The average molecular weight is 256 g/mol. The molecular formula is C10H9I. The third-order valence-corrected chi connectivity index (χ3v) is 4.41. The summed E-state index contributed by atoms with van der Waals surface area (Å²) in [5.74, 6) is 0. The highest BCUT2D eigenvalue weighted by Gasteiger charge is 1.96. The summed E-state index contributed by atoms with van der Waals surface area (Å²) in [5, 5.41) is 0. The van der Waals surface area contributed by atoms with Gasteiger partial charge >= 0.3 is 0 Å². The van der Waals surface area contributed by atoms with Gasteiger partial charge < -0.3 is 0 Å². The minimum absolute atomic E-state index is 1.04. The van der Waals surface area contributed by atoms with Gasteiger partial charge in [0.05, 0.1) is 0 Å². The normalized spacial score (nSPS) is 15.6. The Bertz CT molecular complexity index is 380. The highest BCUT2D eigenvalue weighted by atomic mass is 127. The van der Waals surface area contributed by atoms with E-state index in [9.17, 15) is 0 Å². The second kappa shape index (κ2) is 2.81. The van der Waals surface area contributed by atoms with E-state index in [1.54, 1.807) is 0 Å². The zero-order valence-electron chi connectivity index (χ0n) is 6.13. The molecule has 2 rings (SSSR count). The van der Waals surface area contributed by atoms with Gasteiger partial charge in [-0.3, -0.25) is 0 Å². The van der Waals surface area contributed by atoms with Crippen molar-refractivity contribution >= 4 is 33.5 Å². The molecule has 11 heavy (non-hydrogen) atoms. The van der Waals surface area contributed by atoms with Gasteiger partial charge in [-0.2, -0.15) is 0 Å². The summed E-state index contributed by atoms with van der Waals surface area (Å²) in [6.45, 7) is 0. The summed E-state index contributed by atoms with van der Waals surface area (Å²) in [5.41, 5.74) is 2.71. The van der Waals surface area contributed by atoms with Crippen molar-refractivity contribution in [1.29, 1.82) is 0 Å². The molecule has 1 aliphatic heterocycles. The highest BCUT2D eigenvalue weighted by molar-refractivity contribution is 14.2. The maximum absolute atomic E-state index is 4.11. The van der Waals surface area contributed by atoms with Gasteiger partial charge in [0.1, 0.15) is 0 Å². The molecule has 0 aliphatic carbocycles. The smallest absolute Gasteiger partial charge is 0.0131 e. The van der Waals surface area contributed by atoms with E-state index in [1.165, 1.54) is 11.1 Å². The van der Waals surface area contributed by atoms with Crippen LogP contribution in [0.25, 0.3) is 6.08 Å². The molecule has 0 radical (unpaired) electrons. The molecule has 56 valence electrons. The first kappa shape index (κ1) is 7.10. The maximum atomic E-state index is 4.11. The van der Waals surface area contributed by atoms with Crippen LogP contribution in [0.3, 0.4) is 0 Å². The molecule has 1 aromatic rings. The van der Waals surface area contributed by atoms with Gasteiger partial charge in [-0.05, 0) is 25.3 Å². The van der Waals surface area contributed by atoms with Crippen LogP contribution in [0.15, 0.2) is 28.3 Å². The first-order valence-electron chi connectivity index (χ1n) is 3.44. The maximum Gasteiger partial charge on any atom is -0.0131 e. The summed E-state index contributed by atoms with van der Waals surface area (Å²) < 4.78 is 8.71. The van der Waals surface area contributed by atoms with E-state index in [-0.39, 0.29) is 0 Å². The summed E-state index contributed by atoms with van der Waals surface area (Å²) in [7, 11) is 0. The number of hydrogen-bond donors (Lipinski definition) is 0. The summed E-state index contributed by atoms with van der Waals surface area (Å²) in [6.07, 6.45) is 2.20. The number of halogens is 1. The van der Waals surface area contributed by atoms with Gasteiger partial charge in [0.2, 0.25) is 0 Å². The zero-order chi connectivity index (χ0) is 7.68. The van der Waals surface area contributed by atoms with E-state index in [0.717, 1.165) is 0 Å². The molecule has 0 bridgehead atoms. The molecule has 1 aliphatic rings. The number of hydrogen-bond acceptors (Lipinski definition) is 0. The molecule has 0 saturated heterocycles. The van der Waals surface area contributed by atoms with Crippen molar-refractivity contribution in [2.45, 2.75) is 0 Å². The van der Waals surface area contributed by atoms with Crippen molar-refractivity contribution in [1.82, 2.24) is 0 Å². The fourth-order valence-electron chi connectivity index (χ4n) is 1.10. The predicted octanol–water partition coefficient (Wildman–Crippen LogP) is 2.76. The third-order valence-electron chi connectivity index (χ3n) is 1.66. The highest BCUT2D eigenvalue weighted by Crippen LogP contribution is 2.22. The Kier molecular flexibility index (Phi) is 1.82. The Hall–Kier alpha value is -0.570. The molecular weight excluding hydrogens is 247 g/mol. The van der Waals surface area contributed by atoms with Crippen molar-refractivity contribution in [3.8, 4) is 0 Å². The van der Waals surface area contributed by atoms with Crippen LogP contribution in [0.5, 0.6) is 0 Å². The van der Waals surface area contributed by atoms with Gasteiger partial charge in [-0.25, -0.2) is 0 Å². The predicted molar refractivity (Wildman–Crippen MR) is 61.8 cm³/mol. The first-order chi connectivity index (χ1) is 5.36. The summed E-state index contributed by atoms with van der Waals surface area (Å²) >= 11 is -1.04. The lowest BCUT2D eigenvalue weighted by Crippen LogP contribution is -1.86. The van der Waals surface area contributed by atoms with E-state index >= 15 is 0 Å². The minimum Gasteiger partial charge on any atom is -0.131 e. The van der Waals surface area contributed by atoms with E-state index in [0.29, 0.717) is 0 Å². The van der Waals surface area contributed by atoms with Crippen LogP contribution < -0.4 is 0 Å². The lowest BCUT2D eigenvalue weighted by Gasteiger charge is -2.03. The van der Waals surface area contributed by atoms with Crippen LogP contribution in [0, 0.1) is 0 Å². The van der Waals surface area contributed by atoms with Gasteiger partial charge in [0.15, 0.2) is 0 Å². The zero-order valence-corrected chi connectivity index (χ0v) is 8.28. The van der Waals surface area contributed by atoms with Crippen molar-refractivity contribution in [2.75, 3.05) is 0 Å². The Morgan fingerprint density at radius 3 is 2.64 bits per heavy atom. The molecule has 1 heteroatoms. The van der Waals surface area contributed by atoms with Crippen molar-refractivity contribution in [3.05, 3.63) is 39.5 Å². The van der Waals surface area contributed by atoms with Gasteiger partial charge in [-0.1, -0.05) is 28.8 Å². The van der Waals surface area contributed by atoms with Crippen molar-refractivity contribution < 1.29 is 0 Å². The molecule has 0 spiro atoms. The monoisotopic (exact) mass is 256 g/mol. The molecule has 0 nitrogen and oxygen atoms in total. The van der Waals surface area contributed by atoms with Gasteiger partial charge in [0.25, 0.3) is 0 Å². The van der Waals surface area contributed by atoms with Crippen LogP contribution in [0.4, 0.5) is 0 Å². The fourth-order valence-corrected chi connectivity index (χ4v) is 3.58. The van der Waals surface area contributed by atoms with Gasteiger partial charge in [-0.15, -0.1) is 18.9 Å². The average Bonchev–Trinajstić information content (AvgIpc) is 2.04.